The summed E-state index contributed by atoms with van der Waals surface area (Å²) in [5.74, 6) is -1.32. The zero-order valence-corrected chi connectivity index (χ0v) is 22.3. The molecule has 2 aromatic rings. The summed E-state index contributed by atoms with van der Waals surface area (Å²) in [7, 11) is 0. The summed E-state index contributed by atoms with van der Waals surface area (Å²) >= 11 is 5.61. The van der Waals surface area contributed by atoms with Crippen molar-refractivity contribution in [2.24, 2.45) is 0 Å². The summed E-state index contributed by atoms with van der Waals surface area (Å²) in [5.41, 5.74) is 6.28. The van der Waals surface area contributed by atoms with Gasteiger partial charge in [-0.15, -0.1) is 0 Å². The van der Waals surface area contributed by atoms with Crippen molar-refractivity contribution in [3.8, 4) is 0 Å². The van der Waals surface area contributed by atoms with Crippen molar-refractivity contribution >= 4 is 34.7 Å². The summed E-state index contributed by atoms with van der Waals surface area (Å²) in [4.78, 5) is 25.9. The van der Waals surface area contributed by atoms with E-state index in [1.54, 1.807) is 0 Å². The van der Waals surface area contributed by atoms with Crippen LogP contribution in [0.25, 0.3) is 0 Å². The summed E-state index contributed by atoms with van der Waals surface area (Å²) in [5, 5.41) is 12.2. The Morgan fingerprint density at radius 1 is 1.05 bits per heavy atom. The highest BCUT2D eigenvalue weighted by Crippen LogP contribution is 2.31. The van der Waals surface area contributed by atoms with E-state index in [1.165, 1.54) is 0 Å². The molecule has 0 saturated heterocycles. The first kappa shape index (κ1) is 29.4. The van der Waals surface area contributed by atoms with Gasteiger partial charge < -0.3 is 27.0 Å². The van der Waals surface area contributed by atoms with E-state index in [0.717, 1.165) is 49.1 Å². The van der Waals surface area contributed by atoms with Crippen molar-refractivity contribution in [1.29, 1.82) is 0 Å². The van der Waals surface area contributed by atoms with Crippen LogP contribution in [0.1, 0.15) is 59.7 Å². The summed E-state index contributed by atoms with van der Waals surface area (Å²) in [6.45, 7) is 4.53. The molecule has 11 heteroatoms. The predicted octanol–water partition coefficient (Wildman–Crippen LogP) is 3.70. The van der Waals surface area contributed by atoms with Crippen LogP contribution in [-0.4, -0.2) is 48.0 Å². The van der Waals surface area contributed by atoms with Gasteiger partial charge in [0.1, 0.15) is 4.99 Å². The lowest BCUT2D eigenvalue weighted by molar-refractivity contribution is -0.137. The maximum Gasteiger partial charge on any atom is 0.416 e. The Balaban J connectivity index is 1.64. The molecule has 38 heavy (non-hydrogen) atoms. The number of anilines is 1. The van der Waals surface area contributed by atoms with Crippen molar-refractivity contribution in [2.75, 3.05) is 18.8 Å². The van der Waals surface area contributed by atoms with Crippen LogP contribution in [0, 0.1) is 6.92 Å². The second kappa shape index (κ2) is 13.1. The van der Waals surface area contributed by atoms with Crippen LogP contribution in [0.2, 0.25) is 0 Å². The molecule has 3 unspecified atom stereocenters. The number of alkyl halides is 3. The second-order valence-corrected chi connectivity index (χ2v) is 9.97. The van der Waals surface area contributed by atoms with Crippen LogP contribution >= 0.6 is 12.2 Å². The average Bonchev–Trinajstić information content (AvgIpc) is 2.87. The Morgan fingerprint density at radius 2 is 1.76 bits per heavy atom. The monoisotopic (exact) mass is 549 g/mol. The molecule has 0 aromatic heterocycles. The van der Waals surface area contributed by atoms with Crippen molar-refractivity contribution in [3.05, 3.63) is 64.7 Å². The van der Waals surface area contributed by atoms with E-state index < -0.39 is 30.1 Å². The smallest absolute Gasteiger partial charge is 0.398 e. The largest absolute Gasteiger partial charge is 0.416 e. The highest BCUT2D eigenvalue weighted by atomic mass is 32.1. The first-order valence-electron chi connectivity index (χ1n) is 12.6. The molecular weight excluding hydrogens is 515 g/mol. The predicted molar refractivity (Wildman–Crippen MR) is 146 cm³/mol. The van der Waals surface area contributed by atoms with Gasteiger partial charge in [0, 0.05) is 23.3 Å². The van der Waals surface area contributed by atoms with E-state index in [2.05, 4.69) is 28.2 Å². The van der Waals surface area contributed by atoms with E-state index in [4.69, 9.17) is 18.0 Å². The fourth-order valence-corrected chi connectivity index (χ4v) is 4.72. The van der Waals surface area contributed by atoms with Crippen LogP contribution in [0.3, 0.4) is 0 Å². The molecule has 0 heterocycles. The Kier molecular flexibility index (Phi) is 10.1. The molecule has 1 aliphatic rings. The first-order chi connectivity index (χ1) is 18.0. The van der Waals surface area contributed by atoms with Gasteiger partial charge in [-0.25, -0.2) is 0 Å². The molecular formula is C27H34F3N5O2S. The van der Waals surface area contributed by atoms with Crippen LogP contribution in [0.5, 0.6) is 0 Å². The average molecular weight is 550 g/mol. The van der Waals surface area contributed by atoms with Crippen LogP contribution in [-0.2, 0) is 11.0 Å². The van der Waals surface area contributed by atoms with Crippen molar-refractivity contribution < 1.29 is 22.8 Å². The van der Waals surface area contributed by atoms with E-state index >= 15 is 0 Å². The zero-order valence-electron chi connectivity index (χ0n) is 21.5. The summed E-state index contributed by atoms with van der Waals surface area (Å²) in [6.07, 6.45) is -1.30. The molecule has 0 bridgehead atoms. The second-order valence-electron chi connectivity index (χ2n) is 9.57. The molecule has 2 amide bonds. The quantitative estimate of drug-likeness (QED) is 0.241. The van der Waals surface area contributed by atoms with Gasteiger partial charge in [0.05, 0.1) is 23.7 Å². The molecule has 0 radical (unpaired) electrons. The fraction of sp³-hybridized carbons (Fsp3) is 0.444. The number of rotatable bonds is 9. The van der Waals surface area contributed by atoms with Gasteiger partial charge in [0.25, 0.3) is 5.91 Å². The number of hydrogen-bond acceptors (Lipinski definition) is 5. The molecule has 206 valence electrons. The Bertz CT molecular complexity index is 1140. The van der Waals surface area contributed by atoms with Gasteiger partial charge in [-0.1, -0.05) is 49.0 Å². The van der Waals surface area contributed by atoms with Crippen LogP contribution in [0.15, 0.2) is 42.5 Å². The number of nitrogen functional groups attached to an aromatic ring is 1. The van der Waals surface area contributed by atoms with Crippen molar-refractivity contribution in [3.63, 3.8) is 0 Å². The van der Waals surface area contributed by atoms with Crippen LogP contribution < -0.4 is 27.0 Å². The third-order valence-corrected chi connectivity index (χ3v) is 6.90. The normalized spacial score (nSPS) is 19.4. The molecule has 0 aliphatic heterocycles. The Morgan fingerprint density at radius 3 is 2.42 bits per heavy atom. The molecule has 3 rings (SSSR count). The van der Waals surface area contributed by atoms with Gasteiger partial charge in [0.2, 0.25) is 5.91 Å². The highest BCUT2D eigenvalue weighted by molar-refractivity contribution is 7.80. The molecule has 2 aromatic carbocycles. The number of halogens is 3. The third kappa shape index (κ3) is 8.16. The highest BCUT2D eigenvalue weighted by Gasteiger charge is 2.33. The number of carbonyl (C=O) groups excluding carboxylic acids is 2. The Hall–Kier alpha value is -3.18. The van der Waals surface area contributed by atoms with Crippen LogP contribution in [0.4, 0.5) is 18.9 Å². The molecule has 1 fully saturated rings. The maximum atomic E-state index is 13.0. The minimum absolute atomic E-state index is 0.109. The van der Waals surface area contributed by atoms with Gasteiger partial charge >= 0.3 is 6.18 Å². The third-order valence-electron chi connectivity index (χ3n) is 6.54. The number of benzene rings is 2. The number of nitrogens with one attached hydrogen (secondary N) is 4. The molecule has 1 saturated carbocycles. The van der Waals surface area contributed by atoms with Gasteiger partial charge in [-0.3, -0.25) is 9.59 Å². The fourth-order valence-electron chi connectivity index (χ4n) is 4.44. The van der Waals surface area contributed by atoms with Crippen molar-refractivity contribution in [2.45, 2.75) is 63.8 Å². The maximum absolute atomic E-state index is 13.0. The number of nitrogens with two attached hydrogens (primary N) is 1. The molecule has 3 atom stereocenters. The van der Waals surface area contributed by atoms with Gasteiger partial charge in [-0.05, 0) is 57.4 Å². The number of thiocarbonyl (C=S) groups is 1. The molecule has 6 N–H and O–H groups in total. The number of amides is 2. The molecule has 7 nitrogen and oxygen atoms in total. The lowest BCUT2D eigenvalue weighted by Crippen LogP contribution is -2.58. The van der Waals surface area contributed by atoms with E-state index in [9.17, 15) is 22.8 Å². The lowest BCUT2D eigenvalue weighted by atomic mass is 9.86. The van der Waals surface area contributed by atoms with Crippen molar-refractivity contribution in [1.82, 2.24) is 21.3 Å². The first-order valence-corrected chi connectivity index (χ1v) is 13.0. The number of hydrogen-bond donors (Lipinski definition) is 5. The van der Waals surface area contributed by atoms with E-state index in [1.807, 2.05) is 31.2 Å². The molecule has 0 spiro atoms. The summed E-state index contributed by atoms with van der Waals surface area (Å²) < 4.78 is 39.1. The van der Waals surface area contributed by atoms with Gasteiger partial charge in [0.15, 0.2) is 0 Å². The molecule has 1 aliphatic carbocycles. The standard InChI is InChI=1S/C27H34F3N5O2S/c1-3-12-32-19-9-11-22(35-26(38)17-6-4-16(2)5-7-17)23(14-19)34-24(36)15-33-25(37)20-13-18(27(28,29)30)8-10-21(20)31/h4-8,10,13,19,22-23,32H,3,9,11-12,14-15,31H2,1-2H3,(H,33,37)(H,34,36)(H,35,38). The van der Waals surface area contributed by atoms with E-state index in [-0.39, 0.29) is 29.4 Å². The number of aryl methyl sites for hydroxylation is 1. The minimum atomic E-state index is -4.62. The lowest BCUT2D eigenvalue weighted by Gasteiger charge is -2.38. The van der Waals surface area contributed by atoms with E-state index in [0.29, 0.717) is 17.5 Å². The topological polar surface area (TPSA) is 108 Å². The zero-order chi connectivity index (χ0) is 27.9. The summed E-state index contributed by atoms with van der Waals surface area (Å²) in [6, 6.07) is 10.2. The van der Waals surface area contributed by atoms with Gasteiger partial charge in [-0.2, -0.15) is 13.2 Å². The Labute approximate surface area is 226 Å². The minimum Gasteiger partial charge on any atom is -0.398 e. The SMILES string of the molecule is CCCNC1CCC(NC(=S)c2ccc(C)cc2)C(NC(=O)CNC(=O)c2cc(C(F)(F)F)ccc2N)C1. The number of carbonyl (C=O) groups is 2.